The maximum atomic E-state index is 6.02. The highest BCUT2D eigenvalue weighted by Gasteiger charge is 2.26. The SMILES string of the molecule is CCCNC(Cc1ccccc1C)C1CN(C)CCO1. The summed E-state index contributed by atoms with van der Waals surface area (Å²) in [6.07, 6.45) is 2.50. The standard InChI is InChI=1S/C17H28N2O/c1-4-9-18-16(17-13-19(3)10-11-20-17)12-15-8-6-5-7-14(15)2/h5-8,16-18H,4,9-13H2,1-3H3. The molecule has 0 saturated carbocycles. The van der Waals surface area contributed by atoms with E-state index in [1.165, 1.54) is 11.1 Å². The summed E-state index contributed by atoms with van der Waals surface area (Å²) in [5.74, 6) is 0. The topological polar surface area (TPSA) is 24.5 Å². The van der Waals surface area contributed by atoms with Crippen LogP contribution in [0.15, 0.2) is 24.3 Å². The van der Waals surface area contributed by atoms with Gasteiger partial charge in [-0.25, -0.2) is 0 Å². The summed E-state index contributed by atoms with van der Waals surface area (Å²) in [4.78, 5) is 2.37. The van der Waals surface area contributed by atoms with E-state index >= 15 is 0 Å². The van der Waals surface area contributed by atoms with E-state index in [4.69, 9.17) is 4.74 Å². The van der Waals surface area contributed by atoms with Crippen LogP contribution < -0.4 is 5.32 Å². The van der Waals surface area contributed by atoms with Crippen LogP contribution in [0.4, 0.5) is 0 Å². The third-order valence-corrected chi connectivity index (χ3v) is 4.10. The Kier molecular flexibility index (Phi) is 6.02. The van der Waals surface area contributed by atoms with Gasteiger partial charge in [0.1, 0.15) is 0 Å². The quantitative estimate of drug-likeness (QED) is 0.862. The van der Waals surface area contributed by atoms with Crippen molar-refractivity contribution >= 4 is 0 Å². The number of benzene rings is 1. The normalized spacial score (nSPS) is 21.9. The average molecular weight is 276 g/mol. The third kappa shape index (κ3) is 4.30. The minimum Gasteiger partial charge on any atom is -0.374 e. The highest BCUT2D eigenvalue weighted by Crippen LogP contribution is 2.15. The van der Waals surface area contributed by atoms with E-state index in [0.717, 1.165) is 39.1 Å². The molecule has 0 aromatic heterocycles. The lowest BCUT2D eigenvalue weighted by Gasteiger charge is -2.36. The lowest BCUT2D eigenvalue weighted by Crippen LogP contribution is -2.52. The lowest BCUT2D eigenvalue weighted by molar-refractivity contribution is -0.0383. The highest BCUT2D eigenvalue weighted by atomic mass is 16.5. The number of aryl methyl sites for hydroxylation is 1. The second kappa shape index (κ2) is 7.77. The summed E-state index contributed by atoms with van der Waals surface area (Å²) >= 11 is 0. The lowest BCUT2D eigenvalue weighted by atomic mass is 9.97. The number of morpholine rings is 1. The maximum absolute atomic E-state index is 6.02. The van der Waals surface area contributed by atoms with Gasteiger partial charge in [-0.2, -0.15) is 0 Å². The van der Waals surface area contributed by atoms with E-state index in [1.807, 2.05) is 0 Å². The molecular formula is C17H28N2O. The van der Waals surface area contributed by atoms with E-state index in [2.05, 4.69) is 55.4 Å². The Hall–Kier alpha value is -0.900. The van der Waals surface area contributed by atoms with Crippen LogP contribution in [0, 0.1) is 6.92 Å². The van der Waals surface area contributed by atoms with Crippen LogP contribution in [0.3, 0.4) is 0 Å². The number of hydrogen-bond donors (Lipinski definition) is 1. The van der Waals surface area contributed by atoms with Crippen LogP contribution in [0.5, 0.6) is 0 Å². The molecule has 1 saturated heterocycles. The van der Waals surface area contributed by atoms with Crippen LogP contribution in [0.2, 0.25) is 0 Å². The molecule has 1 aromatic rings. The summed E-state index contributed by atoms with van der Waals surface area (Å²) in [5, 5.41) is 3.68. The van der Waals surface area contributed by atoms with Crippen molar-refractivity contribution in [3.8, 4) is 0 Å². The van der Waals surface area contributed by atoms with Gasteiger partial charge in [-0.15, -0.1) is 0 Å². The molecule has 112 valence electrons. The Labute approximate surface area is 123 Å². The molecule has 1 aliphatic heterocycles. The Balaban J connectivity index is 2.04. The van der Waals surface area contributed by atoms with Gasteiger partial charge in [0, 0.05) is 19.1 Å². The van der Waals surface area contributed by atoms with E-state index in [-0.39, 0.29) is 0 Å². The minimum atomic E-state index is 0.292. The fourth-order valence-corrected chi connectivity index (χ4v) is 2.80. The van der Waals surface area contributed by atoms with E-state index in [0.29, 0.717) is 12.1 Å². The molecule has 3 nitrogen and oxygen atoms in total. The zero-order chi connectivity index (χ0) is 14.4. The molecule has 1 fully saturated rings. The molecule has 20 heavy (non-hydrogen) atoms. The molecule has 1 heterocycles. The summed E-state index contributed by atoms with van der Waals surface area (Å²) < 4.78 is 6.02. The monoisotopic (exact) mass is 276 g/mol. The fraction of sp³-hybridized carbons (Fsp3) is 0.647. The summed E-state index contributed by atoms with van der Waals surface area (Å²) in [5.41, 5.74) is 2.80. The van der Waals surface area contributed by atoms with Gasteiger partial charge >= 0.3 is 0 Å². The number of ether oxygens (including phenoxy) is 1. The van der Waals surface area contributed by atoms with Crippen molar-refractivity contribution in [1.29, 1.82) is 0 Å². The Morgan fingerprint density at radius 1 is 1.40 bits per heavy atom. The molecule has 0 bridgehead atoms. The first-order valence-electron chi connectivity index (χ1n) is 7.78. The zero-order valence-corrected chi connectivity index (χ0v) is 13.1. The van der Waals surface area contributed by atoms with Gasteiger partial charge in [0.05, 0.1) is 12.7 Å². The van der Waals surface area contributed by atoms with Crippen LogP contribution >= 0.6 is 0 Å². The van der Waals surface area contributed by atoms with Gasteiger partial charge in [0.2, 0.25) is 0 Å². The number of rotatable bonds is 6. The van der Waals surface area contributed by atoms with Gasteiger partial charge in [-0.1, -0.05) is 31.2 Å². The molecule has 2 unspecified atom stereocenters. The van der Waals surface area contributed by atoms with Crippen LogP contribution in [-0.2, 0) is 11.2 Å². The second-order valence-electron chi connectivity index (χ2n) is 5.86. The third-order valence-electron chi connectivity index (χ3n) is 4.10. The molecule has 2 atom stereocenters. The minimum absolute atomic E-state index is 0.292. The zero-order valence-electron chi connectivity index (χ0n) is 13.1. The van der Waals surface area contributed by atoms with E-state index in [1.54, 1.807) is 0 Å². The van der Waals surface area contributed by atoms with Crippen LogP contribution in [0.25, 0.3) is 0 Å². The van der Waals surface area contributed by atoms with Crippen molar-refractivity contribution in [2.24, 2.45) is 0 Å². The van der Waals surface area contributed by atoms with Crippen molar-refractivity contribution in [1.82, 2.24) is 10.2 Å². The number of nitrogens with zero attached hydrogens (tertiary/aromatic N) is 1. The van der Waals surface area contributed by atoms with Gasteiger partial charge in [-0.05, 0) is 44.5 Å². The molecule has 0 amide bonds. The van der Waals surface area contributed by atoms with Crippen LogP contribution in [0.1, 0.15) is 24.5 Å². The molecular weight excluding hydrogens is 248 g/mol. The molecule has 1 aliphatic rings. The van der Waals surface area contributed by atoms with E-state index < -0.39 is 0 Å². The molecule has 1 aromatic carbocycles. The highest BCUT2D eigenvalue weighted by molar-refractivity contribution is 5.26. The van der Waals surface area contributed by atoms with Gasteiger partial charge in [0.25, 0.3) is 0 Å². The van der Waals surface area contributed by atoms with Gasteiger partial charge < -0.3 is 15.0 Å². The maximum Gasteiger partial charge on any atom is 0.0858 e. The number of likely N-dealkylation sites (N-methyl/N-ethyl adjacent to an activating group) is 1. The molecule has 2 rings (SSSR count). The number of nitrogens with one attached hydrogen (secondary N) is 1. The van der Waals surface area contributed by atoms with Crippen LogP contribution in [-0.4, -0.2) is 50.3 Å². The molecule has 0 aliphatic carbocycles. The van der Waals surface area contributed by atoms with Crippen molar-refractivity contribution in [3.63, 3.8) is 0 Å². The van der Waals surface area contributed by atoms with Crippen molar-refractivity contribution in [3.05, 3.63) is 35.4 Å². The first kappa shape index (κ1) is 15.5. The molecule has 0 spiro atoms. The molecule has 1 N–H and O–H groups in total. The summed E-state index contributed by atoms with van der Waals surface area (Å²) in [6.45, 7) is 8.37. The average Bonchev–Trinajstić information content (AvgIpc) is 2.45. The Morgan fingerprint density at radius 2 is 2.20 bits per heavy atom. The van der Waals surface area contributed by atoms with Gasteiger partial charge in [0.15, 0.2) is 0 Å². The first-order valence-corrected chi connectivity index (χ1v) is 7.78. The number of hydrogen-bond acceptors (Lipinski definition) is 3. The van der Waals surface area contributed by atoms with Crippen molar-refractivity contribution < 1.29 is 4.74 Å². The van der Waals surface area contributed by atoms with Crippen molar-refractivity contribution in [2.75, 3.05) is 33.3 Å². The first-order chi connectivity index (χ1) is 9.70. The van der Waals surface area contributed by atoms with E-state index in [9.17, 15) is 0 Å². The predicted octanol–water partition coefficient (Wildman–Crippen LogP) is 2.24. The fourth-order valence-electron chi connectivity index (χ4n) is 2.80. The Bertz CT molecular complexity index is 408. The van der Waals surface area contributed by atoms with Gasteiger partial charge in [-0.3, -0.25) is 0 Å². The predicted molar refractivity (Wildman–Crippen MR) is 84.2 cm³/mol. The Morgan fingerprint density at radius 3 is 2.90 bits per heavy atom. The molecule has 3 heteroatoms. The second-order valence-corrected chi connectivity index (χ2v) is 5.86. The summed E-state index contributed by atoms with van der Waals surface area (Å²) in [7, 11) is 2.18. The largest absolute Gasteiger partial charge is 0.374 e. The smallest absolute Gasteiger partial charge is 0.0858 e. The summed E-state index contributed by atoms with van der Waals surface area (Å²) in [6, 6.07) is 9.08. The van der Waals surface area contributed by atoms with Crippen molar-refractivity contribution in [2.45, 2.75) is 38.8 Å². The molecule has 0 radical (unpaired) electrons.